The van der Waals surface area contributed by atoms with Gasteiger partial charge in [-0.1, -0.05) is 24.3 Å². The van der Waals surface area contributed by atoms with Crippen LogP contribution < -0.4 is 5.32 Å². The number of hydrogen-bond donors (Lipinski definition) is 1. The highest BCUT2D eigenvalue weighted by Crippen LogP contribution is 2.18. The second kappa shape index (κ2) is 7.60. The van der Waals surface area contributed by atoms with Crippen molar-refractivity contribution in [1.29, 1.82) is 0 Å². The molecule has 0 aromatic heterocycles. The zero-order valence-electron chi connectivity index (χ0n) is 11.9. The van der Waals surface area contributed by atoms with Crippen LogP contribution in [0, 0.1) is 0 Å². The summed E-state index contributed by atoms with van der Waals surface area (Å²) >= 11 is 0. The van der Waals surface area contributed by atoms with Crippen LogP contribution in [0.2, 0.25) is 0 Å². The van der Waals surface area contributed by atoms with Gasteiger partial charge in [-0.05, 0) is 11.1 Å². The van der Waals surface area contributed by atoms with Crippen molar-refractivity contribution in [3.63, 3.8) is 0 Å². The third-order valence-electron chi connectivity index (χ3n) is 3.57. The molecule has 1 unspecified atom stereocenters. The van der Waals surface area contributed by atoms with Gasteiger partial charge < -0.3 is 14.8 Å². The van der Waals surface area contributed by atoms with Gasteiger partial charge >= 0.3 is 0 Å². The van der Waals surface area contributed by atoms with E-state index in [1.165, 1.54) is 11.1 Å². The third-order valence-corrected chi connectivity index (χ3v) is 3.57. The molecule has 19 heavy (non-hydrogen) atoms. The standard InChI is InChI=1S/C15H24N2O2/c1-18-12-15(19-2)14-5-3-13(4-6-14)11-17-9-7-16-8-10-17/h3-6,15-16H,7-12H2,1-2H3. The molecule has 1 saturated heterocycles. The van der Waals surface area contributed by atoms with Crippen LogP contribution in [0.25, 0.3) is 0 Å². The van der Waals surface area contributed by atoms with Crippen molar-refractivity contribution < 1.29 is 9.47 Å². The molecule has 1 fully saturated rings. The Hall–Kier alpha value is -0.940. The zero-order chi connectivity index (χ0) is 13.5. The van der Waals surface area contributed by atoms with Crippen LogP contribution in [0.15, 0.2) is 24.3 Å². The Kier molecular flexibility index (Phi) is 5.79. The van der Waals surface area contributed by atoms with Gasteiger partial charge in [0.1, 0.15) is 6.10 Å². The Morgan fingerprint density at radius 2 is 1.84 bits per heavy atom. The van der Waals surface area contributed by atoms with Crippen LogP contribution in [-0.2, 0) is 16.0 Å². The fourth-order valence-corrected chi connectivity index (χ4v) is 2.42. The molecule has 0 aliphatic carbocycles. The Balaban J connectivity index is 1.93. The molecule has 1 aliphatic rings. The van der Waals surface area contributed by atoms with Crippen LogP contribution in [-0.4, -0.2) is 51.9 Å². The van der Waals surface area contributed by atoms with Gasteiger partial charge in [-0.25, -0.2) is 0 Å². The largest absolute Gasteiger partial charge is 0.382 e. The molecular formula is C15H24N2O2. The van der Waals surface area contributed by atoms with E-state index in [1.54, 1.807) is 14.2 Å². The lowest BCUT2D eigenvalue weighted by Gasteiger charge is -2.27. The molecule has 0 radical (unpaired) electrons. The molecule has 106 valence electrons. The monoisotopic (exact) mass is 264 g/mol. The Morgan fingerprint density at radius 1 is 1.16 bits per heavy atom. The smallest absolute Gasteiger partial charge is 0.105 e. The van der Waals surface area contributed by atoms with Crippen LogP contribution >= 0.6 is 0 Å². The average Bonchev–Trinajstić information content (AvgIpc) is 2.47. The lowest BCUT2D eigenvalue weighted by Crippen LogP contribution is -2.42. The van der Waals surface area contributed by atoms with Crippen molar-refractivity contribution in [3.8, 4) is 0 Å². The van der Waals surface area contributed by atoms with Crippen molar-refractivity contribution in [2.45, 2.75) is 12.6 Å². The SMILES string of the molecule is COCC(OC)c1ccc(CN2CCNCC2)cc1. The van der Waals surface area contributed by atoms with E-state index in [0.29, 0.717) is 6.61 Å². The Labute approximate surface area is 115 Å². The second-order valence-corrected chi connectivity index (χ2v) is 4.95. The number of nitrogens with zero attached hydrogens (tertiary/aromatic N) is 1. The zero-order valence-corrected chi connectivity index (χ0v) is 11.9. The maximum Gasteiger partial charge on any atom is 0.105 e. The Morgan fingerprint density at radius 3 is 2.42 bits per heavy atom. The number of nitrogens with one attached hydrogen (secondary N) is 1. The van der Waals surface area contributed by atoms with Gasteiger partial charge in [0.25, 0.3) is 0 Å². The van der Waals surface area contributed by atoms with Gasteiger partial charge in [-0.2, -0.15) is 0 Å². The van der Waals surface area contributed by atoms with Gasteiger partial charge in [-0.3, -0.25) is 4.90 Å². The van der Waals surface area contributed by atoms with Crippen LogP contribution in [0.1, 0.15) is 17.2 Å². The molecule has 1 heterocycles. The van der Waals surface area contributed by atoms with Crippen molar-refractivity contribution in [2.75, 3.05) is 47.0 Å². The summed E-state index contributed by atoms with van der Waals surface area (Å²) in [5.41, 5.74) is 2.53. The average molecular weight is 264 g/mol. The maximum atomic E-state index is 5.42. The van der Waals surface area contributed by atoms with Crippen molar-refractivity contribution in [1.82, 2.24) is 10.2 Å². The summed E-state index contributed by atoms with van der Waals surface area (Å²) < 4.78 is 10.6. The predicted octanol–water partition coefficient (Wildman–Crippen LogP) is 1.43. The first-order valence-electron chi connectivity index (χ1n) is 6.87. The summed E-state index contributed by atoms with van der Waals surface area (Å²) in [4.78, 5) is 2.48. The van der Waals surface area contributed by atoms with Gasteiger partial charge in [-0.15, -0.1) is 0 Å². The van der Waals surface area contributed by atoms with E-state index in [1.807, 2.05) is 0 Å². The highest BCUT2D eigenvalue weighted by atomic mass is 16.5. The molecule has 4 heteroatoms. The summed E-state index contributed by atoms with van der Waals surface area (Å²) in [6.07, 6.45) is 0.0261. The minimum absolute atomic E-state index is 0.0261. The molecule has 0 amide bonds. The lowest BCUT2D eigenvalue weighted by molar-refractivity contribution is 0.0274. The van der Waals surface area contributed by atoms with Crippen LogP contribution in [0.5, 0.6) is 0 Å². The highest BCUT2D eigenvalue weighted by molar-refractivity contribution is 5.24. The molecule has 0 saturated carbocycles. The summed E-state index contributed by atoms with van der Waals surface area (Å²) in [5.74, 6) is 0. The fourth-order valence-electron chi connectivity index (χ4n) is 2.42. The molecule has 1 aromatic carbocycles. The lowest BCUT2D eigenvalue weighted by atomic mass is 10.1. The molecule has 0 bridgehead atoms. The first-order chi connectivity index (χ1) is 9.33. The van der Waals surface area contributed by atoms with Crippen molar-refractivity contribution in [2.24, 2.45) is 0 Å². The van der Waals surface area contributed by atoms with Crippen molar-refractivity contribution in [3.05, 3.63) is 35.4 Å². The van der Waals surface area contributed by atoms with Gasteiger partial charge in [0.2, 0.25) is 0 Å². The number of rotatable bonds is 6. The normalized spacial score (nSPS) is 18.4. The molecule has 2 rings (SSSR count). The van der Waals surface area contributed by atoms with E-state index in [-0.39, 0.29) is 6.10 Å². The topological polar surface area (TPSA) is 33.7 Å². The number of benzene rings is 1. The summed E-state index contributed by atoms with van der Waals surface area (Å²) in [6.45, 7) is 6.07. The van der Waals surface area contributed by atoms with E-state index < -0.39 is 0 Å². The number of ether oxygens (including phenoxy) is 2. The van der Waals surface area contributed by atoms with E-state index in [4.69, 9.17) is 9.47 Å². The Bertz CT molecular complexity index is 361. The van der Waals surface area contributed by atoms with E-state index in [0.717, 1.165) is 32.7 Å². The first-order valence-corrected chi connectivity index (χ1v) is 6.87. The van der Waals surface area contributed by atoms with E-state index in [2.05, 4.69) is 34.5 Å². The molecular weight excluding hydrogens is 240 g/mol. The first kappa shape index (κ1) is 14.5. The van der Waals surface area contributed by atoms with Gasteiger partial charge in [0.15, 0.2) is 0 Å². The van der Waals surface area contributed by atoms with Crippen molar-refractivity contribution >= 4 is 0 Å². The van der Waals surface area contributed by atoms with Gasteiger partial charge in [0, 0.05) is 46.9 Å². The quantitative estimate of drug-likeness (QED) is 0.842. The van der Waals surface area contributed by atoms with E-state index in [9.17, 15) is 0 Å². The molecule has 4 nitrogen and oxygen atoms in total. The molecule has 1 aromatic rings. The van der Waals surface area contributed by atoms with Crippen LogP contribution in [0.4, 0.5) is 0 Å². The summed E-state index contributed by atoms with van der Waals surface area (Å²) in [6, 6.07) is 8.67. The van der Waals surface area contributed by atoms with Gasteiger partial charge in [0.05, 0.1) is 6.61 Å². The number of methoxy groups -OCH3 is 2. The molecule has 1 atom stereocenters. The summed E-state index contributed by atoms with van der Waals surface area (Å²) in [7, 11) is 3.42. The maximum absolute atomic E-state index is 5.42. The number of hydrogen-bond acceptors (Lipinski definition) is 4. The fraction of sp³-hybridized carbons (Fsp3) is 0.600. The molecule has 1 aliphatic heterocycles. The van der Waals surface area contributed by atoms with E-state index >= 15 is 0 Å². The molecule has 1 N–H and O–H groups in total. The second-order valence-electron chi connectivity index (χ2n) is 4.95. The predicted molar refractivity (Wildman–Crippen MR) is 76.2 cm³/mol. The minimum Gasteiger partial charge on any atom is -0.382 e. The number of piperazine rings is 1. The third kappa shape index (κ3) is 4.28. The van der Waals surface area contributed by atoms with Crippen LogP contribution in [0.3, 0.4) is 0 Å². The highest BCUT2D eigenvalue weighted by Gasteiger charge is 2.12. The molecule has 0 spiro atoms. The minimum atomic E-state index is 0.0261. The summed E-state index contributed by atoms with van der Waals surface area (Å²) in [5, 5.41) is 3.37.